The zero-order chi connectivity index (χ0) is 21.7. The van der Waals surface area contributed by atoms with E-state index >= 15 is 0 Å². The fraction of sp³-hybridized carbons (Fsp3) is 0.429. The van der Waals surface area contributed by atoms with Crippen molar-refractivity contribution in [3.8, 4) is 0 Å². The first-order valence-electron chi connectivity index (χ1n) is 9.92. The molecule has 0 spiro atoms. The molecule has 2 heterocycles. The van der Waals surface area contributed by atoms with Crippen LogP contribution in [-0.4, -0.2) is 51.0 Å². The Morgan fingerprint density at radius 2 is 2.00 bits per heavy atom. The van der Waals surface area contributed by atoms with Crippen LogP contribution in [0.3, 0.4) is 0 Å². The van der Waals surface area contributed by atoms with Crippen molar-refractivity contribution in [1.29, 1.82) is 0 Å². The molecule has 1 amide bonds. The smallest absolute Gasteiger partial charge is 0.264 e. The average molecular weight is 433 g/mol. The van der Waals surface area contributed by atoms with Crippen LogP contribution in [0.15, 0.2) is 47.5 Å². The predicted octanol–water partition coefficient (Wildman–Crippen LogP) is 2.43. The predicted molar refractivity (Wildman–Crippen MR) is 114 cm³/mol. The van der Waals surface area contributed by atoms with Gasteiger partial charge < -0.3 is 10.2 Å². The van der Waals surface area contributed by atoms with Crippen LogP contribution in [0.2, 0.25) is 0 Å². The lowest BCUT2D eigenvalue weighted by atomic mass is 9.99. The van der Waals surface area contributed by atoms with Crippen LogP contribution in [0.25, 0.3) is 0 Å². The molecule has 0 aliphatic carbocycles. The number of piperidine rings is 1. The lowest BCUT2D eigenvalue weighted by molar-refractivity contribution is -0.0258. The molecule has 0 radical (unpaired) electrons. The van der Waals surface area contributed by atoms with Crippen LogP contribution in [0.5, 0.6) is 0 Å². The van der Waals surface area contributed by atoms with E-state index in [1.807, 2.05) is 12.1 Å². The van der Waals surface area contributed by atoms with E-state index in [1.165, 1.54) is 45.2 Å². The Kier molecular flexibility index (Phi) is 7.06. The number of benzene rings is 1. The molecule has 8 nitrogen and oxygen atoms in total. The van der Waals surface area contributed by atoms with Crippen molar-refractivity contribution in [1.82, 2.24) is 14.8 Å². The molecule has 1 aromatic heterocycles. The number of rotatable bonds is 7. The van der Waals surface area contributed by atoms with E-state index < -0.39 is 10.0 Å². The summed E-state index contributed by atoms with van der Waals surface area (Å²) in [7, 11) is -1.26. The third-order valence-electron chi connectivity index (χ3n) is 5.36. The first-order valence-corrected chi connectivity index (χ1v) is 11.4. The third kappa shape index (κ3) is 5.16. The van der Waals surface area contributed by atoms with E-state index in [0.717, 1.165) is 34.9 Å². The summed E-state index contributed by atoms with van der Waals surface area (Å²) in [6, 6.07) is 9.78. The van der Waals surface area contributed by atoms with Gasteiger partial charge in [0.05, 0.1) is 12.0 Å². The summed E-state index contributed by atoms with van der Waals surface area (Å²) < 4.78 is 25.5. The van der Waals surface area contributed by atoms with Crippen molar-refractivity contribution in [2.45, 2.75) is 31.2 Å². The second-order valence-electron chi connectivity index (χ2n) is 7.50. The maximum atomic E-state index is 12.5. The summed E-state index contributed by atoms with van der Waals surface area (Å²) >= 11 is 0. The second-order valence-corrected chi connectivity index (χ2v) is 9.44. The van der Waals surface area contributed by atoms with Crippen molar-refractivity contribution in [2.75, 3.05) is 32.1 Å². The summed E-state index contributed by atoms with van der Waals surface area (Å²) in [5, 5.41) is 2.81. The van der Waals surface area contributed by atoms with Gasteiger partial charge in [0.25, 0.3) is 15.9 Å². The van der Waals surface area contributed by atoms with Crippen LogP contribution in [0, 0.1) is 5.92 Å². The van der Waals surface area contributed by atoms with Gasteiger partial charge in [-0.15, -0.1) is 0 Å². The largest absolute Gasteiger partial charge is 0.357 e. The van der Waals surface area contributed by atoms with E-state index in [1.54, 1.807) is 12.3 Å². The van der Waals surface area contributed by atoms with Crippen LogP contribution >= 0.6 is 0 Å². The number of hydrogen-bond donors (Lipinski definition) is 1. The van der Waals surface area contributed by atoms with Crippen LogP contribution < -0.4 is 10.2 Å². The quantitative estimate of drug-likeness (QED) is 0.676. The van der Waals surface area contributed by atoms with Gasteiger partial charge in [-0.3, -0.25) is 9.63 Å². The van der Waals surface area contributed by atoms with E-state index in [0.29, 0.717) is 6.54 Å². The lowest BCUT2D eigenvalue weighted by Gasteiger charge is -2.31. The topological polar surface area (TPSA) is 91.8 Å². The number of carbonyl (C=O) groups excluding carboxylic acids is 1. The summed E-state index contributed by atoms with van der Waals surface area (Å²) in [6.07, 6.45) is 4.12. The Labute approximate surface area is 177 Å². The molecule has 1 aromatic carbocycles. The fourth-order valence-corrected chi connectivity index (χ4v) is 4.29. The number of aromatic nitrogens is 1. The molecule has 3 rings (SSSR count). The van der Waals surface area contributed by atoms with Gasteiger partial charge in [0.15, 0.2) is 0 Å². The number of pyridine rings is 1. The molecule has 9 heteroatoms. The highest BCUT2D eigenvalue weighted by Gasteiger charge is 2.22. The van der Waals surface area contributed by atoms with Crippen LogP contribution in [-0.2, 0) is 21.4 Å². The molecule has 30 heavy (non-hydrogen) atoms. The Hall–Kier alpha value is -2.49. The van der Waals surface area contributed by atoms with E-state index in [9.17, 15) is 13.2 Å². The number of carbonyl (C=O) groups is 1. The number of amides is 1. The number of sulfonamides is 1. The Balaban J connectivity index is 1.61. The molecule has 0 saturated carbocycles. The van der Waals surface area contributed by atoms with Gasteiger partial charge in [-0.2, -0.15) is 0 Å². The Morgan fingerprint density at radius 3 is 2.63 bits per heavy atom. The second kappa shape index (κ2) is 9.55. The normalized spacial score (nSPS) is 15.4. The third-order valence-corrected chi connectivity index (χ3v) is 7.04. The summed E-state index contributed by atoms with van der Waals surface area (Å²) in [5.41, 5.74) is 1.13. The number of hydroxylamine groups is 1. The van der Waals surface area contributed by atoms with Gasteiger partial charge in [-0.1, -0.05) is 23.5 Å². The monoisotopic (exact) mass is 432 g/mol. The lowest BCUT2D eigenvalue weighted by Crippen LogP contribution is -2.33. The molecule has 162 valence electrons. The minimum Gasteiger partial charge on any atom is -0.357 e. The van der Waals surface area contributed by atoms with E-state index in [4.69, 9.17) is 4.84 Å². The molecule has 0 atom stereocenters. The highest BCUT2D eigenvalue weighted by molar-refractivity contribution is 7.89. The summed E-state index contributed by atoms with van der Waals surface area (Å²) in [5.74, 6) is 1.36. The zero-order valence-electron chi connectivity index (χ0n) is 17.5. The van der Waals surface area contributed by atoms with Crippen molar-refractivity contribution < 1.29 is 18.0 Å². The maximum absolute atomic E-state index is 12.5. The van der Waals surface area contributed by atoms with Gasteiger partial charge in [0.1, 0.15) is 5.82 Å². The van der Waals surface area contributed by atoms with Crippen molar-refractivity contribution >= 4 is 21.7 Å². The number of hydrogen-bond acceptors (Lipinski definition) is 6. The minimum atomic E-state index is -3.81. The number of nitrogens with zero attached hydrogens (tertiary/aromatic N) is 3. The van der Waals surface area contributed by atoms with E-state index in [2.05, 4.69) is 22.1 Å². The van der Waals surface area contributed by atoms with E-state index in [-0.39, 0.29) is 16.4 Å². The maximum Gasteiger partial charge on any atom is 0.264 e. The molecule has 0 bridgehead atoms. The first kappa shape index (κ1) is 22.2. The SMILES string of the molecule is CON(C)S(=O)(=O)c1cccc(C(=O)NCc2ccc(N3CCC(C)CC3)nc2)c1. The molecule has 1 saturated heterocycles. The Bertz CT molecular complexity index is 971. The highest BCUT2D eigenvalue weighted by Crippen LogP contribution is 2.21. The number of nitrogens with one attached hydrogen (secondary N) is 1. The fourth-order valence-electron chi connectivity index (χ4n) is 3.27. The highest BCUT2D eigenvalue weighted by atomic mass is 32.2. The van der Waals surface area contributed by atoms with Crippen molar-refractivity contribution in [3.05, 3.63) is 53.7 Å². The van der Waals surface area contributed by atoms with Gasteiger partial charge in [-0.25, -0.2) is 13.4 Å². The molecule has 1 N–H and O–H groups in total. The van der Waals surface area contributed by atoms with Gasteiger partial charge in [-0.05, 0) is 48.6 Å². The first-order chi connectivity index (χ1) is 14.3. The minimum absolute atomic E-state index is 0.0126. The van der Waals surface area contributed by atoms with Gasteiger partial charge >= 0.3 is 0 Å². The molecule has 0 unspecified atom stereocenters. The molecular weight excluding hydrogens is 404 g/mol. The molecular formula is C21H28N4O4S. The van der Waals surface area contributed by atoms with Gasteiger partial charge in [0, 0.05) is 38.4 Å². The van der Waals surface area contributed by atoms with Crippen LogP contribution in [0.1, 0.15) is 35.7 Å². The van der Waals surface area contributed by atoms with Gasteiger partial charge in [0.2, 0.25) is 0 Å². The number of anilines is 1. The summed E-state index contributed by atoms with van der Waals surface area (Å²) in [6.45, 7) is 4.61. The standard InChI is InChI=1S/C21H28N4O4S/c1-16-9-11-25(12-10-16)20-8-7-17(14-22-20)15-23-21(26)18-5-4-6-19(13-18)30(27,28)24(2)29-3/h4-8,13-14,16H,9-12,15H2,1-3H3,(H,23,26). The molecule has 1 aliphatic rings. The average Bonchev–Trinajstić information content (AvgIpc) is 2.77. The zero-order valence-corrected chi connectivity index (χ0v) is 18.4. The molecule has 1 fully saturated rings. The molecule has 2 aromatic rings. The van der Waals surface area contributed by atoms with Crippen LogP contribution in [0.4, 0.5) is 5.82 Å². The molecule has 1 aliphatic heterocycles. The van der Waals surface area contributed by atoms with Crippen molar-refractivity contribution in [3.63, 3.8) is 0 Å². The summed E-state index contributed by atoms with van der Waals surface area (Å²) in [4.78, 5) is 24.1. The van der Waals surface area contributed by atoms with Crippen molar-refractivity contribution in [2.24, 2.45) is 5.92 Å². The Morgan fingerprint density at radius 1 is 1.27 bits per heavy atom.